The Hall–Kier alpha value is -2.14. The van der Waals surface area contributed by atoms with Crippen molar-refractivity contribution in [2.24, 2.45) is 0 Å². The van der Waals surface area contributed by atoms with Crippen molar-refractivity contribution in [3.8, 4) is 0 Å². The maximum atomic E-state index is 12.5. The fraction of sp³-hybridized carbons (Fsp3) is 0.286. The summed E-state index contributed by atoms with van der Waals surface area (Å²) in [5.74, 6) is 0. The Morgan fingerprint density at radius 1 is 1.24 bits per heavy atom. The molecule has 1 N–H and O–H groups in total. The molecule has 1 aromatic carbocycles. The van der Waals surface area contributed by atoms with E-state index >= 15 is 0 Å². The van der Waals surface area contributed by atoms with E-state index in [1.54, 1.807) is 0 Å². The van der Waals surface area contributed by atoms with Gasteiger partial charge in [-0.2, -0.15) is 13.2 Å². The highest BCUT2D eigenvalue weighted by Crippen LogP contribution is 2.37. The number of benzene rings is 1. The highest BCUT2D eigenvalue weighted by molar-refractivity contribution is 7.92. The molecule has 1 heterocycles. The third-order valence-electron chi connectivity index (χ3n) is 3.23. The van der Waals surface area contributed by atoms with Gasteiger partial charge in [0, 0.05) is 18.9 Å². The van der Waals surface area contributed by atoms with Crippen molar-refractivity contribution in [1.29, 1.82) is 0 Å². The lowest BCUT2D eigenvalue weighted by Gasteiger charge is -2.08. The second-order valence-corrected chi connectivity index (χ2v) is 8.48. The van der Waals surface area contributed by atoms with Gasteiger partial charge in [0.15, 0.2) is 14.8 Å². The lowest BCUT2D eigenvalue weighted by Crippen LogP contribution is -2.07. The molecular formula is C14H13F3N2O4S2. The first-order valence-electron chi connectivity index (χ1n) is 6.87. The van der Waals surface area contributed by atoms with Gasteiger partial charge < -0.3 is 5.32 Å². The average molecular weight is 394 g/mol. The quantitative estimate of drug-likeness (QED) is 0.596. The average Bonchev–Trinajstić information content (AvgIpc) is 2.91. The molecule has 0 atom stereocenters. The van der Waals surface area contributed by atoms with Gasteiger partial charge in [-0.25, -0.2) is 8.42 Å². The van der Waals surface area contributed by atoms with E-state index in [4.69, 9.17) is 0 Å². The minimum atomic E-state index is -4.41. The lowest BCUT2D eigenvalue weighted by molar-refractivity contribution is -0.383. The summed E-state index contributed by atoms with van der Waals surface area (Å²) in [5.41, 5.74) is -0.489. The van der Waals surface area contributed by atoms with Crippen LogP contribution in [-0.2, 0) is 22.4 Å². The number of nitrogens with one attached hydrogen (secondary N) is 1. The first kappa shape index (κ1) is 19.2. The van der Waals surface area contributed by atoms with Gasteiger partial charge in [-0.05, 0) is 24.1 Å². The molecule has 6 nitrogen and oxygen atoms in total. The monoisotopic (exact) mass is 394 g/mol. The molecule has 0 aliphatic rings. The summed E-state index contributed by atoms with van der Waals surface area (Å²) in [6.07, 6.45) is -3.13. The Labute approximate surface area is 145 Å². The van der Waals surface area contributed by atoms with Crippen LogP contribution in [0.4, 0.5) is 23.9 Å². The van der Waals surface area contributed by atoms with Crippen molar-refractivity contribution in [2.45, 2.75) is 16.8 Å². The van der Waals surface area contributed by atoms with Crippen LogP contribution in [0.3, 0.4) is 0 Å². The zero-order chi connectivity index (χ0) is 18.8. The van der Waals surface area contributed by atoms with E-state index < -0.39 is 26.5 Å². The number of anilines is 1. The Bertz CT molecular complexity index is 874. The number of halogens is 3. The van der Waals surface area contributed by atoms with Crippen LogP contribution in [-0.4, -0.2) is 26.1 Å². The van der Waals surface area contributed by atoms with Crippen molar-refractivity contribution in [2.75, 3.05) is 18.1 Å². The number of hydrogen-bond donors (Lipinski definition) is 1. The molecule has 0 aliphatic heterocycles. The molecule has 0 saturated carbocycles. The molecule has 0 unspecified atom stereocenters. The Morgan fingerprint density at radius 2 is 1.84 bits per heavy atom. The number of hydrogen-bond acceptors (Lipinski definition) is 6. The van der Waals surface area contributed by atoms with Crippen LogP contribution in [0.25, 0.3) is 0 Å². The van der Waals surface area contributed by atoms with Crippen LogP contribution in [0.15, 0.2) is 34.5 Å². The third kappa shape index (κ3) is 4.92. The van der Waals surface area contributed by atoms with Crippen LogP contribution in [0.2, 0.25) is 0 Å². The van der Waals surface area contributed by atoms with Gasteiger partial charge in [-0.15, -0.1) is 0 Å². The summed E-state index contributed by atoms with van der Waals surface area (Å²) in [7, 11) is -3.57. The molecule has 136 valence electrons. The normalized spacial score (nSPS) is 12.2. The van der Waals surface area contributed by atoms with E-state index in [9.17, 15) is 31.7 Å². The van der Waals surface area contributed by atoms with Crippen molar-refractivity contribution < 1.29 is 26.5 Å². The fourth-order valence-corrected chi connectivity index (χ4v) is 3.95. The summed E-state index contributed by atoms with van der Waals surface area (Å²) in [5, 5.41) is 13.9. The van der Waals surface area contributed by atoms with E-state index in [1.165, 1.54) is 12.1 Å². The van der Waals surface area contributed by atoms with Gasteiger partial charge >= 0.3 is 11.9 Å². The summed E-state index contributed by atoms with van der Waals surface area (Å²) in [6, 6.07) is 5.57. The Balaban J connectivity index is 2.07. The largest absolute Gasteiger partial charge is 0.416 e. The SMILES string of the molecule is CS(=O)(=O)c1cc([N+](=O)[O-])c(NCCc2ccc(C(F)(F)F)cc2)s1. The molecule has 0 amide bonds. The second-order valence-electron chi connectivity index (χ2n) is 5.18. The predicted octanol–water partition coefficient (Wildman–Crippen LogP) is 3.73. The van der Waals surface area contributed by atoms with Crippen molar-refractivity contribution >= 4 is 31.9 Å². The van der Waals surface area contributed by atoms with Gasteiger partial charge in [0.2, 0.25) is 0 Å². The van der Waals surface area contributed by atoms with Crippen LogP contribution in [0.1, 0.15) is 11.1 Å². The molecular weight excluding hydrogens is 381 g/mol. The zero-order valence-corrected chi connectivity index (χ0v) is 14.5. The van der Waals surface area contributed by atoms with E-state index in [2.05, 4.69) is 5.32 Å². The summed E-state index contributed by atoms with van der Waals surface area (Å²) >= 11 is 0.746. The van der Waals surface area contributed by atoms with E-state index in [1.807, 2.05) is 0 Å². The highest BCUT2D eigenvalue weighted by atomic mass is 32.2. The molecule has 1 aromatic heterocycles. The number of alkyl halides is 3. The van der Waals surface area contributed by atoms with Crippen LogP contribution in [0.5, 0.6) is 0 Å². The lowest BCUT2D eigenvalue weighted by atomic mass is 10.1. The van der Waals surface area contributed by atoms with Crippen LogP contribution in [0, 0.1) is 10.1 Å². The van der Waals surface area contributed by atoms with Crippen molar-refractivity contribution in [1.82, 2.24) is 0 Å². The predicted molar refractivity (Wildman–Crippen MR) is 87.7 cm³/mol. The third-order valence-corrected chi connectivity index (χ3v) is 6.12. The molecule has 11 heteroatoms. The molecule has 0 radical (unpaired) electrons. The summed E-state index contributed by atoms with van der Waals surface area (Å²) in [6.45, 7) is 0.204. The molecule has 0 bridgehead atoms. The van der Waals surface area contributed by atoms with Gasteiger partial charge in [-0.3, -0.25) is 10.1 Å². The van der Waals surface area contributed by atoms with Crippen LogP contribution >= 0.6 is 11.3 Å². The molecule has 0 saturated heterocycles. The van der Waals surface area contributed by atoms with Gasteiger partial charge in [0.05, 0.1) is 10.5 Å². The summed E-state index contributed by atoms with van der Waals surface area (Å²) < 4.78 is 60.3. The van der Waals surface area contributed by atoms with E-state index in [0.29, 0.717) is 12.0 Å². The smallest absolute Gasteiger partial charge is 0.371 e. The number of sulfone groups is 1. The number of nitro groups is 1. The maximum Gasteiger partial charge on any atom is 0.416 e. The minimum absolute atomic E-state index is 0.0948. The van der Waals surface area contributed by atoms with E-state index in [0.717, 1.165) is 35.8 Å². The number of thiophene rings is 1. The Morgan fingerprint density at radius 3 is 2.32 bits per heavy atom. The fourth-order valence-electron chi connectivity index (χ4n) is 1.99. The standard InChI is InChI=1S/C14H13F3N2O4S2/c1-25(22,23)12-8-11(19(20)21)13(24-12)18-7-6-9-2-4-10(5-3-9)14(15,16)17/h2-5,8,18H,6-7H2,1H3. The second kappa shape index (κ2) is 7.00. The van der Waals surface area contributed by atoms with Gasteiger partial charge in [-0.1, -0.05) is 23.5 Å². The first-order chi connectivity index (χ1) is 11.5. The zero-order valence-electron chi connectivity index (χ0n) is 12.8. The highest BCUT2D eigenvalue weighted by Gasteiger charge is 2.30. The number of rotatable bonds is 6. The molecule has 0 fully saturated rings. The molecule has 0 aliphatic carbocycles. The van der Waals surface area contributed by atoms with Gasteiger partial charge in [0.1, 0.15) is 4.21 Å². The maximum absolute atomic E-state index is 12.5. The topological polar surface area (TPSA) is 89.3 Å². The molecule has 25 heavy (non-hydrogen) atoms. The Kier molecular flexibility index (Phi) is 5.37. The molecule has 2 rings (SSSR count). The first-order valence-corrected chi connectivity index (χ1v) is 9.57. The molecule has 2 aromatic rings. The molecule has 0 spiro atoms. The van der Waals surface area contributed by atoms with Crippen molar-refractivity contribution in [3.63, 3.8) is 0 Å². The summed E-state index contributed by atoms with van der Waals surface area (Å²) in [4.78, 5) is 10.3. The van der Waals surface area contributed by atoms with Crippen LogP contribution < -0.4 is 5.32 Å². The number of nitrogens with zero attached hydrogens (tertiary/aromatic N) is 1. The van der Waals surface area contributed by atoms with Gasteiger partial charge in [0.25, 0.3) is 0 Å². The van der Waals surface area contributed by atoms with Crippen molar-refractivity contribution in [3.05, 3.63) is 51.6 Å². The van der Waals surface area contributed by atoms with E-state index in [-0.39, 0.29) is 21.4 Å². The minimum Gasteiger partial charge on any atom is -0.371 e.